The zero-order valence-electron chi connectivity index (χ0n) is 12.9. The molecule has 0 aliphatic heterocycles. The zero-order valence-corrected chi connectivity index (χ0v) is 13.7. The van der Waals surface area contributed by atoms with Crippen LogP contribution in [-0.4, -0.2) is 24.7 Å². The second kappa shape index (κ2) is 5.46. The van der Waals surface area contributed by atoms with Crippen LogP contribution in [0.25, 0.3) is 0 Å². The molecule has 0 bridgehead atoms. The van der Waals surface area contributed by atoms with E-state index in [9.17, 15) is 23.6 Å². The number of sulfone groups is 1. The van der Waals surface area contributed by atoms with Gasteiger partial charge in [0.1, 0.15) is 5.25 Å². The molecule has 1 N–H and O–H groups in total. The molecule has 0 heterocycles. The molecule has 0 amide bonds. The summed E-state index contributed by atoms with van der Waals surface area (Å²) in [6, 6.07) is 16.4. The first-order valence-corrected chi connectivity index (χ1v) is 8.90. The second-order valence-corrected chi connectivity index (χ2v) is 8.02. The number of hydrogen-bond donors (Lipinski definition) is 1. The lowest BCUT2D eigenvalue weighted by atomic mass is 10.0. The smallest absolute Gasteiger partial charge is 0.326 e. The molecule has 0 spiro atoms. The maximum atomic E-state index is 13.0. The number of rotatable bonds is 4. The van der Waals surface area contributed by atoms with E-state index in [2.05, 4.69) is 0 Å². The normalized spacial score (nSPS) is 25.7. The minimum absolute atomic E-state index is 0.0393. The maximum absolute atomic E-state index is 13.0. The Morgan fingerprint density at radius 2 is 1.71 bits per heavy atom. The zero-order chi connectivity index (χ0) is 17.5. The summed E-state index contributed by atoms with van der Waals surface area (Å²) in [5.74, 6) is -2.29. The van der Waals surface area contributed by atoms with E-state index in [1.165, 1.54) is 12.1 Å². The van der Waals surface area contributed by atoms with Gasteiger partial charge in [0, 0.05) is 5.92 Å². The number of carboxylic acid groups (broad SMARTS) is 1. The highest BCUT2D eigenvalue weighted by molar-refractivity contribution is 7.92. The first-order valence-electron chi connectivity index (χ1n) is 7.36. The lowest BCUT2D eigenvalue weighted by molar-refractivity contribution is -0.141. The lowest BCUT2D eigenvalue weighted by Crippen LogP contribution is -2.22. The highest BCUT2D eigenvalue weighted by Crippen LogP contribution is 2.63. The van der Waals surface area contributed by atoms with Gasteiger partial charge >= 0.3 is 5.97 Å². The van der Waals surface area contributed by atoms with Crippen molar-refractivity contribution in [3.8, 4) is 6.07 Å². The molecule has 2 aromatic rings. The summed E-state index contributed by atoms with van der Waals surface area (Å²) in [6.07, 6.45) is 0. The molecule has 0 saturated heterocycles. The van der Waals surface area contributed by atoms with Crippen molar-refractivity contribution in [2.24, 2.45) is 5.41 Å². The van der Waals surface area contributed by atoms with Crippen molar-refractivity contribution in [2.45, 2.75) is 23.0 Å². The summed E-state index contributed by atoms with van der Waals surface area (Å²) < 4.78 is 25.9. The fraction of sp³-hybridized carbons (Fsp3) is 0.222. The van der Waals surface area contributed by atoms with Crippen molar-refractivity contribution in [1.82, 2.24) is 0 Å². The van der Waals surface area contributed by atoms with Crippen molar-refractivity contribution in [3.05, 3.63) is 65.7 Å². The van der Waals surface area contributed by atoms with Gasteiger partial charge in [-0.05, 0) is 24.6 Å². The number of hydrogen-bond acceptors (Lipinski definition) is 4. The van der Waals surface area contributed by atoms with E-state index in [-0.39, 0.29) is 4.90 Å². The van der Waals surface area contributed by atoms with Crippen LogP contribution in [0, 0.1) is 23.7 Å². The third kappa shape index (κ3) is 2.21. The molecule has 0 unspecified atom stereocenters. The molecule has 1 aliphatic carbocycles. The van der Waals surface area contributed by atoms with Crippen LogP contribution in [-0.2, 0) is 14.6 Å². The number of carboxylic acids is 1. The van der Waals surface area contributed by atoms with Crippen LogP contribution in [0.4, 0.5) is 0 Å². The minimum Gasteiger partial charge on any atom is -0.480 e. The molecule has 2 aromatic carbocycles. The molecule has 1 fully saturated rings. The van der Waals surface area contributed by atoms with Gasteiger partial charge in [-0.15, -0.1) is 0 Å². The topological polar surface area (TPSA) is 95.2 Å². The third-order valence-electron chi connectivity index (χ3n) is 4.51. The van der Waals surface area contributed by atoms with Crippen LogP contribution in [0.1, 0.15) is 17.0 Å². The fourth-order valence-corrected chi connectivity index (χ4v) is 5.44. The summed E-state index contributed by atoms with van der Waals surface area (Å²) in [7, 11) is -3.95. The SMILES string of the molecule is Cc1ccc(S(=O)(=O)[C@@H]2[C@@H](c3ccccc3)[C@]2(C#N)C(=O)O)cc1. The highest BCUT2D eigenvalue weighted by atomic mass is 32.2. The molecule has 5 nitrogen and oxygen atoms in total. The average Bonchev–Trinajstić information content (AvgIpc) is 3.28. The average molecular weight is 341 g/mol. The van der Waals surface area contributed by atoms with E-state index >= 15 is 0 Å². The third-order valence-corrected chi connectivity index (χ3v) is 6.76. The number of nitriles is 1. The molecule has 1 saturated carbocycles. The number of aryl methyl sites for hydroxylation is 1. The van der Waals surface area contributed by atoms with Crippen LogP contribution in [0.15, 0.2) is 59.5 Å². The van der Waals surface area contributed by atoms with Crippen LogP contribution in [0.2, 0.25) is 0 Å². The summed E-state index contributed by atoms with van der Waals surface area (Å²) in [6.45, 7) is 1.83. The second-order valence-electron chi connectivity index (χ2n) is 5.95. The first-order chi connectivity index (χ1) is 11.4. The Morgan fingerprint density at radius 3 is 2.21 bits per heavy atom. The van der Waals surface area contributed by atoms with Crippen molar-refractivity contribution < 1.29 is 18.3 Å². The predicted molar refractivity (Wildman–Crippen MR) is 87.0 cm³/mol. The Balaban J connectivity index is 2.13. The Hall–Kier alpha value is -2.65. The standard InChI is InChI=1S/C18H15NO4S/c1-12-7-9-14(10-8-12)24(22,23)16-15(13-5-3-2-4-6-13)18(16,11-19)17(20)21/h2-10,15-16H,1H3,(H,20,21)/t15-,16-,18+/m1/s1. The fourth-order valence-electron chi connectivity index (χ4n) is 3.19. The Bertz CT molecular complexity index is 929. The number of carbonyl (C=O) groups is 1. The Kier molecular flexibility index (Phi) is 3.69. The number of benzene rings is 2. The van der Waals surface area contributed by atoms with E-state index in [0.29, 0.717) is 5.56 Å². The maximum Gasteiger partial charge on any atom is 0.326 e. The molecule has 0 aromatic heterocycles. The van der Waals surface area contributed by atoms with Gasteiger partial charge in [0.2, 0.25) is 0 Å². The van der Waals surface area contributed by atoms with E-state index < -0.39 is 32.4 Å². The van der Waals surface area contributed by atoms with Crippen LogP contribution < -0.4 is 0 Å². The number of nitrogens with zero attached hydrogens (tertiary/aromatic N) is 1. The Labute approximate surface area is 140 Å². The lowest BCUT2D eigenvalue weighted by Gasteiger charge is -2.05. The largest absolute Gasteiger partial charge is 0.480 e. The van der Waals surface area contributed by atoms with Gasteiger partial charge in [0.05, 0.1) is 11.0 Å². The van der Waals surface area contributed by atoms with E-state index in [1.54, 1.807) is 48.5 Å². The molecule has 24 heavy (non-hydrogen) atoms. The van der Waals surface area contributed by atoms with Gasteiger partial charge < -0.3 is 5.11 Å². The van der Waals surface area contributed by atoms with Crippen LogP contribution in [0.5, 0.6) is 0 Å². The van der Waals surface area contributed by atoms with Gasteiger partial charge in [0.25, 0.3) is 0 Å². The molecule has 122 valence electrons. The van der Waals surface area contributed by atoms with Crippen molar-refractivity contribution in [2.75, 3.05) is 0 Å². The Morgan fingerprint density at radius 1 is 1.12 bits per heavy atom. The van der Waals surface area contributed by atoms with Crippen LogP contribution in [0.3, 0.4) is 0 Å². The van der Waals surface area contributed by atoms with Gasteiger partial charge in [-0.3, -0.25) is 4.79 Å². The van der Waals surface area contributed by atoms with E-state index in [0.717, 1.165) is 5.56 Å². The van der Waals surface area contributed by atoms with Gasteiger partial charge in [0.15, 0.2) is 15.3 Å². The molecular weight excluding hydrogens is 326 g/mol. The molecule has 3 rings (SSSR count). The summed E-state index contributed by atoms with van der Waals surface area (Å²) in [4.78, 5) is 11.8. The molecular formula is C18H15NO4S. The molecule has 0 radical (unpaired) electrons. The van der Waals surface area contributed by atoms with Crippen molar-refractivity contribution >= 4 is 15.8 Å². The molecule has 3 atom stereocenters. The summed E-state index contributed by atoms with van der Waals surface area (Å²) in [5, 5.41) is 17.8. The number of aliphatic carboxylic acids is 1. The summed E-state index contributed by atoms with van der Waals surface area (Å²) in [5.41, 5.74) is -0.512. The van der Waals surface area contributed by atoms with Gasteiger partial charge in [-0.2, -0.15) is 5.26 Å². The van der Waals surface area contributed by atoms with Gasteiger partial charge in [-0.1, -0.05) is 48.0 Å². The van der Waals surface area contributed by atoms with Crippen molar-refractivity contribution in [1.29, 1.82) is 5.26 Å². The minimum atomic E-state index is -3.95. The van der Waals surface area contributed by atoms with E-state index in [1.807, 2.05) is 6.92 Å². The predicted octanol–water partition coefficient (Wildman–Crippen LogP) is 2.53. The first kappa shape index (κ1) is 16.2. The molecule has 1 aliphatic rings. The molecule has 6 heteroatoms. The highest BCUT2D eigenvalue weighted by Gasteiger charge is 2.77. The van der Waals surface area contributed by atoms with E-state index in [4.69, 9.17) is 0 Å². The van der Waals surface area contributed by atoms with Gasteiger partial charge in [-0.25, -0.2) is 8.42 Å². The monoisotopic (exact) mass is 341 g/mol. The van der Waals surface area contributed by atoms with Crippen LogP contribution >= 0.6 is 0 Å². The quantitative estimate of drug-likeness (QED) is 0.922. The van der Waals surface area contributed by atoms with Crippen molar-refractivity contribution in [3.63, 3.8) is 0 Å². The summed E-state index contributed by atoms with van der Waals surface area (Å²) >= 11 is 0.